The molecule has 23 heavy (non-hydrogen) atoms. The molecule has 0 aromatic heterocycles. The monoisotopic (exact) mass is 386 g/mol. The van der Waals surface area contributed by atoms with Crippen molar-refractivity contribution in [2.24, 2.45) is 5.92 Å². The second-order valence-electron chi connectivity index (χ2n) is 5.10. The fourth-order valence-electron chi connectivity index (χ4n) is 2.36. The van der Waals surface area contributed by atoms with E-state index in [-0.39, 0.29) is 0 Å². The van der Waals surface area contributed by atoms with Crippen molar-refractivity contribution in [3.8, 4) is 0 Å². The normalized spacial score (nSPS) is 35.0. The third-order valence-corrected chi connectivity index (χ3v) is 5.74. The molecule has 0 aromatic carbocycles. The molecule has 0 spiro atoms. The van der Waals surface area contributed by atoms with Gasteiger partial charge in [0.25, 0.3) is 0 Å². The van der Waals surface area contributed by atoms with Crippen molar-refractivity contribution in [2.45, 2.75) is 36.8 Å². The quantitative estimate of drug-likeness (QED) is 0.252. The Morgan fingerprint density at radius 2 is 1.91 bits per heavy atom. The number of phosphoric acid groups is 1. The number of phosphoric ester groups is 1. The Morgan fingerprint density at radius 3 is 2.39 bits per heavy atom. The lowest BCUT2D eigenvalue weighted by Gasteiger charge is -2.26. The van der Waals surface area contributed by atoms with E-state index in [2.05, 4.69) is 17.2 Å². The minimum absolute atomic E-state index is 0.333. The van der Waals surface area contributed by atoms with Gasteiger partial charge in [-0.1, -0.05) is 6.08 Å². The molecule has 2 N–H and O–H groups in total. The standard InChI is InChI=1S/C11H21BO8P2S/c1-7(23)19-22(15,16)20-10-8(4-5-21(13,14)18-3)6-9(12)11(10)17-2/h4-5,7-11,23H,6H2,1-3H3,(H,13,14)(H,15,16)/b5-4+/t7-,8-,9-,10+,11-/m0/s1. The zero-order chi connectivity index (χ0) is 17.8. The number of thiol groups is 1. The lowest BCUT2D eigenvalue weighted by molar-refractivity contribution is -0.00712. The van der Waals surface area contributed by atoms with Gasteiger partial charge in [0, 0.05) is 26.0 Å². The molecule has 2 radical (unpaired) electrons. The lowest BCUT2D eigenvalue weighted by Crippen LogP contribution is -2.31. The molecule has 0 bridgehead atoms. The number of hydrogen-bond donors (Lipinski definition) is 3. The molecule has 0 saturated heterocycles. The van der Waals surface area contributed by atoms with E-state index in [9.17, 15) is 18.9 Å². The summed E-state index contributed by atoms with van der Waals surface area (Å²) in [6.45, 7) is 1.46. The molecule has 0 amide bonds. The van der Waals surface area contributed by atoms with Crippen molar-refractivity contribution in [3.05, 3.63) is 11.9 Å². The van der Waals surface area contributed by atoms with Gasteiger partial charge in [-0.05, 0) is 19.2 Å². The molecule has 0 aliphatic heterocycles. The largest absolute Gasteiger partial charge is 0.473 e. The maximum atomic E-state index is 12.0. The highest BCUT2D eigenvalue weighted by atomic mass is 32.1. The summed E-state index contributed by atoms with van der Waals surface area (Å²) in [6.07, 6.45) is 0.105. The molecule has 0 aromatic rings. The van der Waals surface area contributed by atoms with Gasteiger partial charge in [-0.25, -0.2) is 4.57 Å². The van der Waals surface area contributed by atoms with Crippen LogP contribution >= 0.6 is 28.0 Å². The van der Waals surface area contributed by atoms with Crippen molar-refractivity contribution >= 4 is 35.9 Å². The van der Waals surface area contributed by atoms with Crippen LogP contribution in [0.5, 0.6) is 0 Å². The predicted molar refractivity (Wildman–Crippen MR) is 88.6 cm³/mol. The summed E-state index contributed by atoms with van der Waals surface area (Å²) in [4.78, 5) is 19.2. The van der Waals surface area contributed by atoms with Crippen molar-refractivity contribution in [2.75, 3.05) is 14.2 Å². The molecule has 8 nitrogen and oxygen atoms in total. The number of methoxy groups -OCH3 is 1. The summed E-state index contributed by atoms with van der Waals surface area (Å²) >= 11 is 3.87. The first-order valence-electron chi connectivity index (χ1n) is 6.75. The third-order valence-electron chi connectivity index (χ3n) is 3.31. The van der Waals surface area contributed by atoms with Crippen molar-refractivity contribution in [1.82, 2.24) is 0 Å². The van der Waals surface area contributed by atoms with E-state index in [4.69, 9.17) is 21.6 Å². The van der Waals surface area contributed by atoms with Gasteiger partial charge in [-0.15, -0.1) is 12.6 Å². The molecular formula is C11H21BO8P2S. The van der Waals surface area contributed by atoms with Crippen molar-refractivity contribution < 1.29 is 37.2 Å². The van der Waals surface area contributed by atoms with Gasteiger partial charge in [0.05, 0.1) is 14.0 Å². The zero-order valence-corrected chi connectivity index (χ0v) is 15.7. The minimum atomic E-state index is -4.39. The Balaban J connectivity index is 2.96. The molecule has 1 aliphatic carbocycles. The van der Waals surface area contributed by atoms with Crippen LogP contribution in [-0.4, -0.2) is 49.5 Å². The minimum Gasteiger partial charge on any atom is -0.379 e. The first kappa shape index (κ1) is 21.4. The van der Waals surface area contributed by atoms with E-state index in [0.717, 1.165) is 12.9 Å². The van der Waals surface area contributed by atoms with Crippen LogP contribution in [0.1, 0.15) is 13.3 Å². The van der Waals surface area contributed by atoms with Crippen LogP contribution in [0.2, 0.25) is 5.82 Å². The van der Waals surface area contributed by atoms with Crippen LogP contribution in [0.15, 0.2) is 11.9 Å². The Hall–Kier alpha value is 0.375. The van der Waals surface area contributed by atoms with Gasteiger partial charge in [0.15, 0.2) is 0 Å². The van der Waals surface area contributed by atoms with Crippen LogP contribution in [0, 0.1) is 5.92 Å². The van der Waals surface area contributed by atoms with Gasteiger partial charge in [-0.3, -0.25) is 13.6 Å². The second kappa shape index (κ2) is 8.65. The van der Waals surface area contributed by atoms with E-state index in [1.54, 1.807) is 0 Å². The van der Waals surface area contributed by atoms with Crippen molar-refractivity contribution in [3.63, 3.8) is 0 Å². The van der Waals surface area contributed by atoms with Gasteiger partial charge in [-0.2, -0.15) is 0 Å². The Morgan fingerprint density at radius 1 is 1.30 bits per heavy atom. The van der Waals surface area contributed by atoms with Crippen LogP contribution in [0.3, 0.4) is 0 Å². The average molecular weight is 386 g/mol. The highest BCUT2D eigenvalue weighted by molar-refractivity contribution is 7.81. The highest BCUT2D eigenvalue weighted by Gasteiger charge is 2.45. The van der Waals surface area contributed by atoms with E-state index in [0.29, 0.717) is 6.42 Å². The molecule has 1 aliphatic rings. The predicted octanol–water partition coefficient (Wildman–Crippen LogP) is 2.10. The lowest BCUT2D eigenvalue weighted by atomic mass is 9.83. The molecule has 2 unspecified atom stereocenters. The molecule has 1 rings (SSSR count). The number of ether oxygens (including phenoxy) is 1. The Bertz CT molecular complexity index is 516. The topological polar surface area (TPSA) is 112 Å². The zero-order valence-electron chi connectivity index (χ0n) is 13.0. The molecule has 0 heterocycles. The Labute approximate surface area is 142 Å². The van der Waals surface area contributed by atoms with E-state index >= 15 is 0 Å². The van der Waals surface area contributed by atoms with E-state index in [1.165, 1.54) is 20.1 Å². The summed E-state index contributed by atoms with van der Waals surface area (Å²) in [5, 5.41) is 0. The number of rotatable bonds is 8. The summed E-state index contributed by atoms with van der Waals surface area (Å²) in [7, 11) is 0.165. The third kappa shape index (κ3) is 6.65. The van der Waals surface area contributed by atoms with Crippen molar-refractivity contribution in [1.29, 1.82) is 0 Å². The maximum absolute atomic E-state index is 12.0. The van der Waals surface area contributed by atoms with Gasteiger partial charge < -0.3 is 19.0 Å². The molecule has 1 fully saturated rings. The van der Waals surface area contributed by atoms with E-state index in [1.807, 2.05) is 0 Å². The molecular weight excluding hydrogens is 365 g/mol. The van der Waals surface area contributed by atoms with Gasteiger partial charge in [0.2, 0.25) is 0 Å². The average Bonchev–Trinajstić information content (AvgIpc) is 2.70. The first-order valence-corrected chi connectivity index (χ1v) is 10.4. The van der Waals surface area contributed by atoms with Gasteiger partial charge >= 0.3 is 15.4 Å². The van der Waals surface area contributed by atoms with Crippen LogP contribution in [0.25, 0.3) is 0 Å². The first-order chi connectivity index (χ1) is 10.5. The molecule has 1 saturated carbocycles. The fraction of sp³-hybridized carbons (Fsp3) is 0.818. The summed E-state index contributed by atoms with van der Waals surface area (Å²) in [5.41, 5.74) is -0.818. The van der Waals surface area contributed by atoms with E-state index < -0.39 is 44.8 Å². The molecule has 7 atom stereocenters. The smallest absolute Gasteiger partial charge is 0.379 e. The Kier molecular flexibility index (Phi) is 8.06. The van der Waals surface area contributed by atoms with Crippen LogP contribution in [0.4, 0.5) is 0 Å². The maximum Gasteiger partial charge on any atom is 0.473 e. The fourth-order valence-corrected chi connectivity index (χ4v) is 4.29. The SMILES string of the molecule is [B][C@H]1C[C@H](/C=C/P(=O)(O)OC)[C@@H](OP(=O)(O)O[C@H](C)S)[C@H]1OC. The molecule has 132 valence electrons. The van der Waals surface area contributed by atoms with Crippen LogP contribution < -0.4 is 0 Å². The molecule has 12 heteroatoms. The number of hydrogen-bond acceptors (Lipinski definition) is 7. The van der Waals surface area contributed by atoms with Crippen LogP contribution in [-0.2, 0) is 27.4 Å². The summed E-state index contributed by atoms with van der Waals surface area (Å²) in [6, 6.07) is 0. The summed E-state index contributed by atoms with van der Waals surface area (Å²) in [5.74, 6) is -0.0121. The van der Waals surface area contributed by atoms with Gasteiger partial charge in [0.1, 0.15) is 11.5 Å². The summed E-state index contributed by atoms with van der Waals surface area (Å²) < 4.78 is 43.1. The highest BCUT2D eigenvalue weighted by Crippen LogP contribution is 2.52. The second-order valence-corrected chi connectivity index (χ2v) is 8.97.